The highest BCUT2D eigenvalue weighted by molar-refractivity contribution is 8.00. The fourth-order valence-corrected chi connectivity index (χ4v) is 7.50. The first-order valence-electron chi connectivity index (χ1n) is 17.2. The molecule has 2 aromatic carbocycles. The number of nitrogens with zero attached hydrogens (tertiary/aromatic N) is 4. The average molecular weight is 658 g/mol. The molecule has 250 valence electrons. The summed E-state index contributed by atoms with van der Waals surface area (Å²) in [5.74, 6) is 2.94. The highest BCUT2D eigenvalue weighted by atomic mass is 32.2. The van der Waals surface area contributed by atoms with Crippen LogP contribution in [0.4, 0.5) is 5.82 Å². The van der Waals surface area contributed by atoms with E-state index in [9.17, 15) is 9.59 Å². The number of unbranched alkanes of at least 4 members (excludes halogenated alkanes) is 1. The van der Waals surface area contributed by atoms with Crippen LogP contribution in [0.15, 0.2) is 56.9 Å². The lowest BCUT2D eigenvalue weighted by atomic mass is 9.82. The Morgan fingerprint density at radius 2 is 1.89 bits per heavy atom. The second kappa shape index (κ2) is 14.6. The minimum atomic E-state index is -0.753. The van der Waals surface area contributed by atoms with Crippen LogP contribution < -0.4 is 4.72 Å². The lowest BCUT2D eigenvalue weighted by molar-refractivity contribution is -0.143. The van der Waals surface area contributed by atoms with Crippen LogP contribution in [0.25, 0.3) is 11.1 Å². The fourth-order valence-electron chi connectivity index (χ4n) is 6.67. The second-order valence-electron chi connectivity index (χ2n) is 13.0. The molecule has 0 bridgehead atoms. The Bertz CT molecular complexity index is 1620. The van der Waals surface area contributed by atoms with Gasteiger partial charge in [0.05, 0.1) is 13.2 Å². The van der Waals surface area contributed by atoms with Crippen molar-refractivity contribution in [3.8, 4) is 11.1 Å². The zero-order chi connectivity index (χ0) is 33.0. The van der Waals surface area contributed by atoms with Gasteiger partial charge in [-0.3, -0.25) is 19.5 Å². The first-order valence-corrected chi connectivity index (χ1v) is 18.0. The van der Waals surface area contributed by atoms with E-state index < -0.39 is 5.54 Å². The Labute approximate surface area is 282 Å². The molecule has 47 heavy (non-hydrogen) atoms. The van der Waals surface area contributed by atoms with Gasteiger partial charge in [-0.25, -0.2) is 0 Å². The van der Waals surface area contributed by atoms with Crippen molar-refractivity contribution in [3.63, 3.8) is 0 Å². The lowest BCUT2D eigenvalue weighted by Gasteiger charge is -2.39. The fraction of sp³-hybridized carbons (Fsp3) is 0.514. The number of aliphatic imine (C=N–C) groups is 1. The van der Waals surface area contributed by atoms with Crippen LogP contribution in [-0.4, -0.2) is 57.8 Å². The number of hydrogen-bond donors (Lipinski definition) is 1. The van der Waals surface area contributed by atoms with Crippen molar-refractivity contribution in [2.45, 2.75) is 103 Å². The SMILES string of the molecule is CCCCC1=NC2(CCN(C(=O)C3CCC3)CC2)C(=O)N1Cc1ccc(-c2ccccc2SNc2noc(C)c2C)c(COCC)c1. The Hall–Kier alpha value is -3.63. The number of hydrogen-bond acceptors (Lipinski definition) is 8. The number of nitrogens with one attached hydrogen (secondary N) is 1. The van der Waals surface area contributed by atoms with Gasteiger partial charge in [-0.15, -0.1) is 0 Å². The number of anilines is 1. The molecule has 2 amide bonds. The van der Waals surface area contributed by atoms with E-state index >= 15 is 0 Å². The van der Waals surface area contributed by atoms with E-state index in [1.165, 1.54) is 11.9 Å². The van der Waals surface area contributed by atoms with Gasteiger partial charge in [-0.2, -0.15) is 0 Å². The summed E-state index contributed by atoms with van der Waals surface area (Å²) < 4.78 is 14.7. The average Bonchev–Trinajstić information content (AvgIpc) is 3.51. The monoisotopic (exact) mass is 657 g/mol. The molecule has 1 saturated heterocycles. The number of aryl methyl sites for hydroxylation is 1. The number of carbonyl (C=O) groups excluding carboxylic acids is 2. The van der Waals surface area contributed by atoms with Crippen molar-refractivity contribution in [1.29, 1.82) is 0 Å². The van der Waals surface area contributed by atoms with E-state index in [-0.39, 0.29) is 17.7 Å². The summed E-state index contributed by atoms with van der Waals surface area (Å²) in [5.41, 5.74) is 4.54. The number of benzene rings is 2. The topological polar surface area (TPSA) is 100 Å². The summed E-state index contributed by atoms with van der Waals surface area (Å²) in [6, 6.07) is 14.8. The van der Waals surface area contributed by atoms with Crippen molar-refractivity contribution in [3.05, 3.63) is 64.9 Å². The van der Waals surface area contributed by atoms with E-state index in [4.69, 9.17) is 14.3 Å². The third-order valence-electron chi connectivity index (χ3n) is 9.97. The molecule has 0 radical (unpaired) electrons. The predicted molar refractivity (Wildman–Crippen MR) is 186 cm³/mol. The summed E-state index contributed by atoms with van der Waals surface area (Å²) in [6.45, 7) is 10.8. The van der Waals surface area contributed by atoms with E-state index in [2.05, 4.69) is 47.1 Å². The van der Waals surface area contributed by atoms with Crippen LogP contribution in [-0.2, 0) is 27.5 Å². The van der Waals surface area contributed by atoms with Gasteiger partial charge in [-0.1, -0.05) is 61.3 Å². The molecule has 2 fully saturated rings. The van der Waals surface area contributed by atoms with Gasteiger partial charge in [0.25, 0.3) is 5.91 Å². The number of piperidine rings is 1. The van der Waals surface area contributed by atoms with Gasteiger partial charge in [-0.05, 0) is 93.1 Å². The second-order valence-corrected chi connectivity index (χ2v) is 13.9. The smallest absolute Gasteiger partial charge is 0.256 e. The molecule has 9 nitrogen and oxygen atoms in total. The molecule has 10 heteroatoms. The summed E-state index contributed by atoms with van der Waals surface area (Å²) in [4.78, 5) is 37.2. The zero-order valence-corrected chi connectivity index (χ0v) is 29.0. The third-order valence-corrected chi connectivity index (χ3v) is 10.8. The van der Waals surface area contributed by atoms with Gasteiger partial charge < -0.3 is 18.9 Å². The number of amides is 2. The van der Waals surface area contributed by atoms with E-state index in [0.29, 0.717) is 45.7 Å². The highest BCUT2D eigenvalue weighted by Gasteiger charge is 2.50. The molecule has 1 saturated carbocycles. The maximum atomic E-state index is 14.2. The Kier molecular flexibility index (Phi) is 10.4. The highest BCUT2D eigenvalue weighted by Crippen LogP contribution is 2.39. The van der Waals surface area contributed by atoms with Crippen molar-refractivity contribution in [2.75, 3.05) is 24.4 Å². The number of aromatic nitrogens is 1. The Morgan fingerprint density at radius 1 is 1.11 bits per heavy atom. The van der Waals surface area contributed by atoms with Crippen LogP contribution >= 0.6 is 11.9 Å². The first kappa shape index (κ1) is 33.3. The van der Waals surface area contributed by atoms with Crippen molar-refractivity contribution < 1.29 is 18.8 Å². The molecule has 3 aliphatic rings. The molecular weight excluding hydrogens is 611 g/mol. The molecule has 1 spiro atoms. The lowest BCUT2D eigenvalue weighted by Crippen LogP contribution is -2.52. The summed E-state index contributed by atoms with van der Waals surface area (Å²) in [6.07, 6.45) is 7.14. The van der Waals surface area contributed by atoms with Crippen LogP contribution in [0, 0.1) is 19.8 Å². The first-order chi connectivity index (χ1) is 22.8. The summed E-state index contributed by atoms with van der Waals surface area (Å²) in [7, 11) is 0. The number of ether oxygens (including phenoxy) is 1. The van der Waals surface area contributed by atoms with E-state index in [1.54, 1.807) is 0 Å². The zero-order valence-electron chi connectivity index (χ0n) is 28.1. The molecule has 0 atom stereocenters. The van der Waals surface area contributed by atoms with Crippen LogP contribution in [0.1, 0.15) is 87.7 Å². The quantitative estimate of drug-likeness (QED) is 0.188. The number of amidine groups is 1. The minimum Gasteiger partial charge on any atom is -0.377 e. The molecule has 1 aromatic heterocycles. The van der Waals surface area contributed by atoms with Crippen molar-refractivity contribution in [2.24, 2.45) is 10.9 Å². The number of rotatable bonds is 13. The van der Waals surface area contributed by atoms with E-state index in [0.717, 1.165) is 88.7 Å². The molecular formula is C37H47N5O4S. The standard InChI is InChI=1S/C37H47N5O4S/c1-5-7-15-33-38-37(18-20-41(21-19-37)35(43)28-11-10-12-28)36(44)42(33)23-27-16-17-30(29(22-27)24-45-6-2)31-13-8-9-14-32(31)47-40-34-25(3)26(4)46-39-34/h8-9,13-14,16-17,22,28H,5-7,10-12,15,18-21,23-24H2,1-4H3,(H,39,40). The number of likely N-dealkylation sites (tertiary alicyclic amines) is 1. The largest absolute Gasteiger partial charge is 0.377 e. The maximum absolute atomic E-state index is 14.2. The van der Waals surface area contributed by atoms with Gasteiger partial charge in [0.1, 0.15) is 17.1 Å². The predicted octanol–water partition coefficient (Wildman–Crippen LogP) is 7.71. The minimum absolute atomic E-state index is 0.0842. The van der Waals surface area contributed by atoms with Gasteiger partial charge in [0.15, 0.2) is 5.82 Å². The van der Waals surface area contributed by atoms with Gasteiger partial charge >= 0.3 is 0 Å². The number of carbonyl (C=O) groups is 2. The normalized spacial score (nSPS) is 17.7. The van der Waals surface area contributed by atoms with Crippen LogP contribution in [0.5, 0.6) is 0 Å². The molecule has 0 unspecified atom stereocenters. The van der Waals surface area contributed by atoms with Crippen LogP contribution in [0.2, 0.25) is 0 Å². The molecule has 1 N–H and O–H groups in total. The van der Waals surface area contributed by atoms with Gasteiger partial charge in [0.2, 0.25) is 5.91 Å². The van der Waals surface area contributed by atoms with E-state index in [1.807, 2.05) is 42.7 Å². The molecule has 6 rings (SSSR count). The Morgan fingerprint density at radius 3 is 2.57 bits per heavy atom. The Balaban J connectivity index is 1.22. The third kappa shape index (κ3) is 6.99. The van der Waals surface area contributed by atoms with Crippen molar-refractivity contribution >= 4 is 35.4 Å². The van der Waals surface area contributed by atoms with Gasteiger partial charge in [0, 0.05) is 42.5 Å². The van der Waals surface area contributed by atoms with Crippen LogP contribution in [0.3, 0.4) is 0 Å². The molecule has 3 aromatic rings. The molecule has 1 aliphatic carbocycles. The summed E-state index contributed by atoms with van der Waals surface area (Å²) >= 11 is 1.51. The molecule has 2 aliphatic heterocycles. The van der Waals surface area contributed by atoms with Crippen molar-refractivity contribution in [1.82, 2.24) is 15.0 Å². The molecule has 3 heterocycles. The summed E-state index contributed by atoms with van der Waals surface area (Å²) in [5, 5.41) is 4.15. The maximum Gasteiger partial charge on any atom is 0.256 e.